The highest BCUT2D eigenvalue weighted by molar-refractivity contribution is 5.94. The van der Waals surface area contributed by atoms with Crippen LogP contribution < -0.4 is 11.1 Å². The lowest BCUT2D eigenvalue weighted by Crippen LogP contribution is -2.03. The number of nitrogens with two attached hydrogens (primary N) is 1. The molecule has 0 aliphatic rings. The number of rotatable bonds is 3. The first kappa shape index (κ1) is 13.7. The van der Waals surface area contributed by atoms with Crippen molar-refractivity contribution in [1.82, 2.24) is 0 Å². The molecule has 7 heteroatoms. The SMILES string of the molecule is Nc1cc(Nc2cc(F)c(F)cc2F)ccc1C(=O)O. The second-order valence-corrected chi connectivity index (χ2v) is 3.98. The Morgan fingerprint density at radius 3 is 2.30 bits per heavy atom. The van der Waals surface area contributed by atoms with Crippen LogP contribution in [0.2, 0.25) is 0 Å². The molecular weight excluding hydrogens is 273 g/mol. The molecule has 0 atom stereocenters. The molecule has 0 spiro atoms. The number of carboxylic acid groups (broad SMARTS) is 1. The van der Waals surface area contributed by atoms with Gasteiger partial charge in [0.25, 0.3) is 0 Å². The second kappa shape index (κ2) is 5.12. The van der Waals surface area contributed by atoms with E-state index in [1.165, 1.54) is 18.2 Å². The van der Waals surface area contributed by atoms with Crippen LogP contribution in [0.4, 0.5) is 30.2 Å². The molecule has 0 saturated heterocycles. The molecule has 0 bridgehead atoms. The number of aromatic carboxylic acids is 1. The van der Waals surface area contributed by atoms with Gasteiger partial charge in [-0.25, -0.2) is 18.0 Å². The van der Waals surface area contributed by atoms with E-state index in [1.807, 2.05) is 0 Å². The first-order valence-electron chi connectivity index (χ1n) is 5.43. The fourth-order valence-electron chi connectivity index (χ4n) is 1.61. The maximum Gasteiger partial charge on any atom is 0.337 e. The minimum Gasteiger partial charge on any atom is -0.478 e. The van der Waals surface area contributed by atoms with Gasteiger partial charge in [-0.1, -0.05) is 0 Å². The molecule has 0 aromatic heterocycles. The lowest BCUT2D eigenvalue weighted by molar-refractivity contribution is 0.0698. The highest BCUT2D eigenvalue weighted by atomic mass is 19.2. The Hall–Kier alpha value is -2.70. The van der Waals surface area contributed by atoms with Gasteiger partial charge in [0.1, 0.15) is 5.82 Å². The highest BCUT2D eigenvalue weighted by Gasteiger charge is 2.12. The number of hydrogen-bond acceptors (Lipinski definition) is 3. The minimum absolute atomic E-state index is 0.0366. The van der Waals surface area contributed by atoms with Gasteiger partial charge < -0.3 is 16.2 Å². The van der Waals surface area contributed by atoms with E-state index >= 15 is 0 Å². The number of anilines is 3. The van der Waals surface area contributed by atoms with Gasteiger partial charge >= 0.3 is 5.97 Å². The minimum atomic E-state index is -1.30. The Balaban J connectivity index is 2.33. The average molecular weight is 282 g/mol. The maximum absolute atomic E-state index is 13.4. The number of hydrogen-bond donors (Lipinski definition) is 3. The summed E-state index contributed by atoms with van der Waals surface area (Å²) in [4.78, 5) is 10.8. The molecular formula is C13H9F3N2O2. The average Bonchev–Trinajstić information content (AvgIpc) is 2.35. The van der Waals surface area contributed by atoms with E-state index in [9.17, 15) is 18.0 Å². The van der Waals surface area contributed by atoms with Crippen molar-refractivity contribution in [2.24, 2.45) is 0 Å². The second-order valence-electron chi connectivity index (χ2n) is 3.98. The zero-order chi connectivity index (χ0) is 14.9. The monoisotopic (exact) mass is 282 g/mol. The molecule has 0 saturated carbocycles. The molecule has 0 aliphatic heterocycles. The van der Waals surface area contributed by atoms with E-state index in [1.54, 1.807) is 0 Å². The number of nitrogen functional groups attached to an aromatic ring is 1. The van der Waals surface area contributed by atoms with Crippen LogP contribution in [0.5, 0.6) is 0 Å². The Morgan fingerprint density at radius 2 is 1.70 bits per heavy atom. The number of nitrogens with one attached hydrogen (secondary N) is 1. The zero-order valence-corrected chi connectivity index (χ0v) is 9.95. The van der Waals surface area contributed by atoms with Crippen LogP contribution in [0.15, 0.2) is 30.3 Å². The fourth-order valence-corrected chi connectivity index (χ4v) is 1.61. The molecule has 2 aromatic carbocycles. The third-order valence-electron chi connectivity index (χ3n) is 2.57. The van der Waals surface area contributed by atoms with Crippen molar-refractivity contribution in [3.63, 3.8) is 0 Å². The summed E-state index contributed by atoms with van der Waals surface area (Å²) in [6.45, 7) is 0. The predicted octanol–water partition coefficient (Wildman–Crippen LogP) is 3.13. The van der Waals surface area contributed by atoms with Crippen molar-refractivity contribution in [2.75, 3.05) is 11.1 Å². The Kier molecular flexibility index (Phi) is 3.51. The molecule has 0 amide bonds. The van der Waals surface area contributed by atoms with Crippen LogP contribution in [0, 0.1) is 17.5 Å². The van der Waals surface area contributed by atoms with Gasteiger partial charge in [-0.3, -0.25) is 0 Å². The summed E-state index contributed by atoms with van der Waals surface area (Å²) in [7, 11) is 0. The van der Waals surface area contributed by atoms with Crippen molar-refractivity contribution in [3.8, 4) is 0 Å². The largest absolute Gasteiger partial charge is 0.478 e. The number of benzene rings is 2. The van der Waals surface area contributed by atoms with Crippen molar-refractivity contribution in [3.05, 3.63) is 53.3 Å². The summed E-state index contributed by atoms with van der Waals surface area (Å²) in [5.74, 6) is -4.68. The lowest BCUT2D eigenvalue weighted by atomic mass is 10.1. The quantitative estimate of drug-likeness (QED) is 0.597. The Labute approximate surface area is 111 Å². The Bertz CT molecular complexity index is 690. The maximum atomic E-state index is 13.4. The summed E-state index contributed by atoms with van der Waals surface area (Å²) in [5.41, 5.74) is 5.33. The normalized spacial score (nSPS) is 10.3. The standard InChI is InChI=1S/C13H9F3N2O2/c14-8-4-10(16)12(5-9(8)15)18-6-1-2-7(13(19)20)11(17)3-6/h1-5,18H,17H2,(H,19,20). The fraction of sp³-hybridized carbons (Fsp3) is 0. The first-order valence-corrected chi connectivity index (χ1v) is 5.43. The van der Waals surface area contributed by atoms with E-state index in [2.05, 4.69) is 5.32 Å². The molecule has 0 unspecified atom stereocenters. The van der Waals surface area contributed by atoms with Gasteiger partial charge in [-0.15, -0.1) is 0 Å². The van der Waals surface area contributed by atoms with Gasteiger partial charge in [0.05, 0.1) is 11.3 Å². The molecule has 20 heavy (non-hydrogen) atoms. The summed E-state index contributed by atoms with van der Waals surface area (Å²) >= 11 is 0. The van der Waals surface area contributed by atoms with Crippen molar-refractivity contribution in [1.29, 1.82) is 0 Å². The third kappa shape index (κ3) is 2.66. The van der Waals surface area contributed by atoms with Crippen LogP contribution in [0.1, 0.15) is 10.4 Å². The zero-order valence-electron chi connectivity index (χ0n) is 9.95. The number of carbonyl (C=O) groups is 1. The van der Waals surface area contributed by atoms with Gasteiger partial charge in [-0.2, -0.15) is 0 Å². The van der Waals surface area contributed by atoms with E-state index in [0.717, 1.165) is 0 Å². The lowest BCUT2D eigenvalue weighted by Gasteiger charge is -2.10. The molecule has 0 aliphatic carbocycles. The van der Waals surface area contributed by atoms with Crippen LogP contribution >= 0.6 is 0 Å². The molecule has 104 valence electrons. The van der Waals surface area contributed by atoms with E-state index in [4.69, 9.17) is 10.8 Å². The first-order chi connectivity index (χ1) is 9.38. The number of carboxylic acids is 1. The van der Waals surface area contributed by atoms with Crippen LogP contribution in [-0.4, -0.2) is 11.1 Å². The molecule has 0 heterocycles. The van der Waals surface area contributed by atoms with Crippen LogP contribution in [0.3, 0.4) is 0 Å². The van der Waals surface area contributed by atoms with Crippen molar-refractivity contribution >= 4 is 23.0 Å². The van der Waals surface area contributed by atoms with Crippen LogP contribution in [0.25, 0.3) is 0 Å². The van der Waals surface area contributed by atoms with Gasteiger partial charge in [-0.05, 0) is 18.2 Å². The van der Waals surface area contributed by atoms with Crippen molar-refractivity contribution < 1.29 is 23.1 Å². The summed E-state index contributed by atoms with van der Waals surface area (Å²) in [6.07, 6.45) is 0. The van der Waals surface area contributed by atoms with Crippen molar-refractivity contribution in [2.45, 2.75) is 0 Å². The van der Waals surface area contributed by atoms with E-state index in [-0.39, 0.29) is 22.6 Å². The Morgan fingerprint density at radius 1 is 1.05 bits per heavy atom. The van der Waals surface area contributed by atoms with Gasteiger partial charge in [0, 0.05) is 23.5 Å². The highest BCUT2D eigenvalue weighted by Crippen LogP contribution is 2.25. The molecule has 0 radical (unpaired) electrons. The number of halogens is 3. The molecule has 4 nitrogen and oxygen atoms in total. The van der Waals surface area contributed by atoms with E-state index in [0.29, 0.717) is 12.1 Å². The third-order valence-corrected chi connectivity index (χ3v) is 2.57. The van der Waals surface area contributed by atoms with E-state index < -0.39 is 23.4 Å². The summed E-state index contributed by atoms with van der Waals surface area (Å²) in [5, 5.41) is 11.3. The molecule has 0 fully saturated rings. The smallest absolute Gasteiger partial charge is 0.337 e. The molecule has 2 aromatic rings. The summed E-state index contributed by atoms with van der Waals surface area (Å²) in [6, 6.07) is 4.88. The summed E-state index contributed by atoms with van der Waals surface area (Å²) < 4.78 is 39.2. The molecule has 4 N–H and O–H groups in total. The molecule has 2 rings (SSSR count). The predicted molar refractivity (Wildman–Crippen MR) is 67.4 cm³/mol. The van der Waals surface area contributed by atoms with Gasteiger partial charge in [0.2, 0.25) is 0 Å². The van der Waals surface area contributed by atoms with Gasteiger partial charge in [0.15, 0.2) is 11.6 Å². The van der Waals surface area contributed by atoms with Crippen LogP contribution in [-0.2, 0) is 0 Å². The topological polar surface area (TPSA) is 75.3 Å².